The van der Waals surface area contributed by atoms with Crippen molar-refractivity contribution in [3.05, 3.63) is 0 Å². The van der Waals surface area contributed by atoms with Gasteiger partial charge in [0, 0.05) is 26.1 Å². The van der Waals surface area contributed by atoms with Gasteiger partial charge in [-0.3, -0.25) is 4.79 Å². The van der Waals surface area contributed by atoms with E-state index < -0.39 is 5.97 Å². The number of carboxylic acid groups (broad SMARTS) is 1. The third-order valence-corrected chi connectivity index (χ3v) is 4.05. The van der Waals surface area contributed by atoms with E-state index in [0.29, 0.717) is 19.0 Å². The Labute approximate surface area is 108 Å². The Morgan fingerprint density at radius 3 is 2.56 bits per heavy atom. The molecule has 0 aromatic heterocycles. The molecule has 2 N–H and O–H groups in total. The van der Waals surface area contributed by atoms with Gasteiger partial charge in [0.25, 0.3) is 0 Å². The summed E-state index contributed by atoms with van der Waals surface area (Å²) in [4.78, 5) is 24.3. The molecule has 0 aromatic rings. The van der Waals surface area contributed by atoms with Crippen LogP contribution in [0, 0.1) is 11.8 Å². The lowest BCUT2D eigenvalue weighted by atomic mass is 10.1. The quantitative estimate of drug-likeness (QED) is 0.802. The summed E-state index contributed by atoms with van der Waals surface area (Å²) in [5.41, 5.74) is 0. The second kappa shape index (κ2) is 6.07. The molecule has 5 heteroatoms. The monoisotopic (exact) mass is 254 g/mol. The highest BCUT2D eigenvalue weighted by atomic mass is 16.4. The number of carboxylic acids is 1. The number of likely N-dealkylation sites (tertiary alicyclic amines) is 1. The van der Waals surface area contributed by atoms with Crippen LogP contribution in [0.2, 0.25) is 0 Å². The van der Waals surface area contributed by atoms with Gasteiger partial charge < -0.3 is 15.3 Å². The number of nitrogens with zero attached hydrogens (tertiary/aromatic N) is 1. The summed E-state index contributed by atoms with van der Waals surface area (Å²) >= 11 is 0. The number of aliphatic carboxylic acids is 1. The van der Waals surface area contributed by atoms with Crippen molar-refractivity contribution >= 4 is 12.0 Å². The van der Waals surface area contributed by atoms with Gasteiger partial charge in [0.15, 0.2) is 0 Å². The van der Waals surface area contributed by atoms with Gasteiger partial charge >= 0.3 is 12.0 Å². The van der Waals surface area contributed by atoms with Crippen LogP contribution < -0.4 is 5.32 Å². The zero-order valence-electron chi connectivity index (χ0n) is 10.7. The maximum atomic E-state index is 11.9. The lowest BCUT2D eigenvalue weighted by molar-refractivity contribution is -0.138. The van der Waals surface area contributed by atoms with Gasteiger partial charge in [-0.15, -0.1) is 0 Å². The zero-order valence-corrected chi connectivity index (χ0v) is 10.7. The Morgan fingerprint density at radius 1 is 1.17 bits per heavy atom. The van der Waals surface area contributed by atoms with E-state index in [-0.39, 0.29) is 18.4 Å². The number of amides is 2. The largest absolute Gasteiger partial charge is 0.481 e. The second-order valence-electron chi connectivity index (χ2n) is 5.54. The average molecular weight is 254 g/mol. The minimum absolute atomic E-state index is 0.0187. The van der Waals surface area contributed by atoms with Crippen molar-refractivity contribution in [2.75, 3.05) is 19.6 Å². The molecule has 1 heterocycles. The van der Waals surface area contributed by atoms with Crippen molar-refractivity contribution in [3.63, 3.8) is 0 Å². The van der Waals surface area contributed by atoms with E-state index in [2.05, 4.69) is 5.32 Å². The molecule has 1 aliphatic heterocycles. The molecule has 1 saturated carbocycles. The fourth-order valence-electron chi connectivity index (χ4n) is 2.99. The summed E-state index contributed by atoms with van der Waals surface area (Å²) in [6.07, 6.45) is 6.00. The first-order valence-corrected chi connectivity index (χ1v) is 6.89. The molecule has 2 rings (SSSR count). The zero-order chi connectivity index (χ0) is 13.0. The highest BCUT2D eigenvalue weighted by Crippen LogP contribution is 2.24. The highest BCUT2D eigenvalue weighted by Gasteiger charge is 2.28. The van der Waals surface area contributed by atoms with Crippen molar-refractivity contribution < 1.29 is 14.7 Å². The van der Waals surface area contributed by atoms with Gasteiger partial charge in [-0.25, -0.2) is 4.79 Å². The standard InChI is InChI=1S/C13H22N2O3/c16-12(17)7-11-5-6-15(9-11)13(18)14-8-10-3-1-2-4-10/h10-11H,1-9H2,(H,14,18)(H,16,17). The number of hydrogen-bond acceptors (Lipinski definition) is 2. The Balaban J connectivity index is 1.68. The first-order valence-electron chi connectivity index (χ1n) is 6.89. The SMILES string of the molecule is O=C(O)CC1CCN(C(=O)NCC2CCCC2)C1. The van der Waals surface area contributed by atoms with Gasteiger partial charge in [-0.1, -0.05) is 12.8 Å². The maximum Gasteiger partial charge on any atom is 0.317 e. The Hall–Kier alpha value is -1.26. The number of rotatable bonds is 4. The molecular formula is C13H22N2O3. The Kier molecular flexibility index (Phi) is 4.44. The molecule has 1 aliphatic carbocycles. The van der Waals surface area contributed by atoms with Crippen molar-refractivity contribution in [3.8, 4) is 0 Å². The average Bonchev–Trinajstić information content (AvgIpc) is 2.95. The molecule has 0 spiro atoms. The van der Waals surface area contributed by atoms with Crippen LogP contribution in [-0.4, -0.2) is 41.6 Å². The molecule has 1 saturated heterocycles. The third kappa shape index (κ3) is 3.62. The van der Waals surface area contributed by atoms with Crippen LogP contribution in [0.1, 0.15) is 38.5 Å². The fourth-order valence-corrected chi connectivity index (χ4v) is 2.99. The minimum Gasteiger partial charge on any atom is -0.481 e. The van der Waals surface area contributed by atoms with Gasteiger partial charge in [0.2, 0.25) is 0 Å². The molecule has 2 amide bonds. The summed E-state index contributed by atoms with van der Waals surface area (Å²) in [7, 11) is 0. The normalized spacial score (nSPS) is 24.4. The predicted octanol–water partition coefficient (Wildman–Crippen LogP) is 1.68. The lowest BCUT2D eigenvalue weighted by Gasteiger charge is -2.18. The number of hydrogen-bond donors (Lipinski definition) is 2. The number of carbonyl (C=O) groups is 2. The molecule has 18 heavy (non-hydrogen) atoms. The van der Waals surface area contributed by atoms with Gasteiger partial charge in [-0.05, 0) is 31.1 Å². The van der Waals surface area contributed by atoms with Crippen LogP contribution in [0.4, 0.5) is 4.79 Å². The predicted molar refractivity (Wildman–Crippen MR) is 67.3 cm³/mol. The molecule has 0 bridgehead atoms. The molecule has 5 nitrogen and oxygen atoms in total. The van der Waals surface area contributed by atoms with E-state index in [9.17, 15) is 9.59 Å². The van der Waals surface area contributed by atoms with Gasteiger partial charge in [0.1, 0.15) is 0 Å². The summed E-state index contributed by atoms with van der Waals surface area (Å²) < 4.78 is 0. The van der Waals surface area contributed by atoms with Crippen molar-refractivity contribution in [2.45, 2.75) is 38.5 Å². The van der Waals surface area contributed by atoms with Crippen LogP contribution in [0.15, 0.2) is 0 Å². The molecule has 0 radical (unpaired) electrons. The van der Waals surface area contributed by atoms with Crippen molar-refractivity contribution in [1.82, 2.24) is 10.2 Å². The number of urea groups is 1. The summed E-state index contributed by atoms with van der Waals surface area (Å²) in [6.45, 7) is 2.05. The van der Waals surface area contributed by atoms with E-state index in [0.717, 1.165) is 13.0 Å². The fraction of sp³-hybridized carbons (Fsp3) is 0.846. The molecule has 1 unspecified atom stereocenters. The molecule has 102 valence electrons. The van der Waals surface area contributed by atoms with E-state index in [1.807, 2.05) is 0 Å². The lowest BCUT2D eigenvalue weighted by Crippen LogP contribution is -2.40. The van der Waals surface area contributed by atoms with Crippen molar-refractivity contribution in [1.29, 1.82) is 0 Å². The van der Waals surface area contributed by atoms with E-state index in [1.165, 1.54) is 25.7 Å². The molecule has 0 aromatic carbocycles. The third-order valence-electron chi connectivity index (χ3n) is 4.05. The van der Waals surface area contributed by atoms with E-state index >= 15 is 0 Å². The molecule has 2 aliphatic rings. The molecular weight excluding hydrogens is 232 g/mol. The smallest absolute Gasteiger partial charge is 0.317 e. The second-order valence-corrected chi connectivity index (χ2v) is 5.54. The maximum absolute atomic E-state index is 11.9. The van der Waals surface area contributed by atoms with Crippen LogP contribution in [0.3, 0.4) is 0 Å². The Bertz CT molecular complexity index is 313. The highest BCUT2D eigenvalue weighted by molar-refractivity contribution is 5.74. The van der Waals surface area contributed by atoms with Crippen LogP contribution in [0.5, 0.6) is 0 Å². The van der Waals surface area contributed by atoms with E-state index in [4.69, 9.17) is 5.11 Å². The first-order chi connectivity index (χ1) is 8.65. The number of carbonyl (C=O) groups excluding carboxylic acids is 1. The van der Waals surface area contributed by atoms with Crippen LogP contribution >= 0.6 is 0 Å². The summed E-state index contributed by atoms with van der Waals surface area (Å²) in [5.74, 6) is -0.000635. The van der Waals surface area contributed by atoms with Crippen molar-refractivity contribution in [2.24, 2.45) is 11.8 Å². The topological polar surface area (TPSA) is 69.6 Å². The Morgan fingerprint density at radius 2 is 1.89 bits per heavy atom. The first kappa shape index (κ1) is 13.2. The summed E-state index contributed by atoms with van der Waals surface area (Å²) in [6, 6.07) is -0.0187. The number of nitrogens with one attached hydrogen (secondary N) is 1. The van der Waals surface area contributed by atoms with Crippen LogP contribution in [0.25, 0.3) is 0 Å². The van der Waals surface area contributed by atoms with Crippen LogP contribution in [-0.2, 0) is 4.79 Å². The minimum atomic E-state index is -0.770. The van der Waals surface area contributed by atoms with Gasteiger partial charge in [0.05, 0.1) is 0 Å². The summed E-state index contributed by atoms with van der Waals surface area (Å²) in [5, 5.41) is 11.7. The van der Waals surface area contributed by atoms with E-state index in [1.54, 1.807) is 4.90 Å². The van der Waals surface area contributed by atoms with Gasteiger partial charge in [-0.2, -0.15) is 0 Å². The molecule has 1 atom stereocenters. The molecule has 2 fully saturated rings.